The van der Waals surface area contributed by atoms with E-state index in [1.165, 1.54) is 6.07 Å². The molecule has 0 aromatic heterocycles. The largest absolute Gasteiger partial charge is 0.388 e. The lowest BCUT2D eigenvalue weighted by Crippen LogP contribution is -2.06. The van der Waals surface area contributed by atoms with Gasteiger partial charge < -0.3 is 5.11 Å². The van der Waals surface area contributed by atoms with Gasteiger partial charge in [0.25, 0.3) is 0 Å². The van der Waals surface area contributed by atoms with Gasteiger partial charge in [0, 0.05) is 4.91 Å². The molecule has 1 rings (SSSR count). The molecule has 0 amide bonds. The molecule has 0 saturated carbocycles. The molecule has 1 atom stereocenters. The van der Waals surface area contributed by atoms with Gasteiger partial charge in [-0.3, -0.25) is 0 Å². The van der Waals surface area contributed by atoms with Crippen molar-refractivity contribution in [3.63, 3.8) is 0 Å². The highest BCUT2D eigenvalue weighted by Gasteiger charge is 2.16. The van der Waals surface area contributed by atoms with Crippen LogP contribution in [0.4, 0.5) is 8.78 Å². The predicted molar refractivity (Wildman–Crippen MR) is 45.3 cm³/mol. The second-order valence-electron chi connectivity index (χ2n) is 2.56. The summed E-state index contributed by atoms with van der Waals surface area (Å²) < 4.78 is 26.0. The molecule has 1 aromatic carbocycles. The van der Waals surface area contributed by atoms with Crippen LogP contribution in [0.2, 0.25) is 0 Å². The van der Waals surface area contributed by atoms with Crippen LogP contribution < -0.4 is 0 Å². The Kier molecular flexibility index (Phi) is 3.39. The predicted octanol–water partition coefficient (Wildman–Crippen LogP) is 2.31. The van der Waals surface area contributed by atoms with E-state index < -0.39 is 29.8 Å². The van der Waals surface area contributed by atoms with E-state index in [0.717, 1.165) is 12.1 Å². The molecule has 0 aliphatic heterocycles. The summed E-state index contributed by atoms with van der Waals surface area (Å²) >= 11 is 0. The van der Waals surface area contributed by atoms with Gasteiger partial charge in [-0.2, -0.15) is 0 Å². The van der Waals surface area contributed by atoms with Gasteiger partial charge in [-0.25, -0.2) is 8.78 Å². The number of halogens is 2. The van der Waals surface area contributed by atoms with E-state index in [4.69, 9.17) is 5.53 Å². The first-order valence-corrected chi connectivity index (χ1v) is 3.79. The molecule has 0 unspecified atom stereocenters. The van der Waals surface area contributed by atoms with Crippen molar-refractivity contribution >= 4 is 0 Å². The Morgan fingerprint density at radius 2 is 2.00 bits per heavy atom. The van der Waals surface area contributed by atoms with Gasteiger partial charge in [-0.1, -0.05) is 11.2 Å². The van der Waals surface area contributed by atoms with Crippen LogP contribution in [-0.2, 0) is 0 Å². The Hall–Kier alpha value is -1.65. The van der Waals surface area contributed by atoms with Crippen molar-refractivity contribution in [3.8, 4) is 0 Å². The smallest absolute Gasteiger partial charge is 0.131 e. The maximum atomic E-state index is 13.0. The molecular weight excluding hydrogens is 192 g/mol. The number of aliphatic hydroxyl groups excluding tert-OH is 1. The molecule has 14 heavy (non-hydrogen) atoms. The van der Waals surface area contributed by atoms with E-state index in [1.807, 2.05) is 0 Å². The minimum absolute atomic E-state index is 0.394. The van der Waals surface area contributed by atoms with Crippen molar-refractivity contribution < 1.29 is 13.9 Å². The normalized spacial score (nSPS) is 11.9. The SMILES string of the molecule is [N-]=[N+]=NC[C@H](O)c1c(F)cccc1F. The maximum absolute atomic E-state index is 13.0. The van der Waals surface area contributed by atoms with Crippen LogP contribution in [0.3, 0.4) is 0 Å². The Labute approximate surface area is 78.4 Å². The van der Waals surface area contributed by atoms with E-state index in [9.17, 15) is 13.9 Å². The van der Waals surface area contributed by atoms with Crippen LogP contribution in [0.25, 0.3) is 10.4 Å². The molecule has 0 bridgehead atoms. The van der Waals surface area contributed by atoms with Gasteiger partial charge >= 0.3 is 0 Å². The Bertz CT molecular complexity index is 357. The molecule has 0 aliphatic carbocycles. The van der Waals surface area contributed by atoms with Crippen LogP contribution in [0.15, 0.2) is 23.3 Å². The van der Waals surface area contributed by atoms with Gasteiger partial charge in [0.2, 0.25) is 0 Å². The molecule has 0 fully saturated rings. The van der Waals surface area contributed by atoms with Crippen molar-refractivity contribution in [3.05, 3.63) is 45.8 Å². The second kappa shape index (κ2) is 4.55. The topological polar surface area (TPSA) is 69.0 Å². The zero-order valence-corrected chi connectivity index (χ0v) is 7.06. The highest BCUT2D eigenvalue weighted by Crippen LogP contribution is 2.20. The summed E-state index contributed by atoms with van der Waals surface area (Å²) in [6.07, 6.45) is -1.45. The minimum Gasteiger partial charge on any atom is -0.388 e. The van der Waals surface area contributed by atoms with Gasteiger partial charge in [0.05, 0.1) is 18.2 Å². The van der Waals surface area contributed by atoms with E-state index in [2.05, 4.69) is 10.0 Å². The number of hydrogen-bond acceptors (Lipinski definition) is 2. The van der Waals surface area contributed by atoms with Crippen molar-refractivity contribution in [1.29, 1.82) is 0 Å². The third-order valence-electron chi connectivity index (χ3n) is 1.65. The van der Waals surface area contributed by atoms with Crippen molar-refractivity contribution in [1.82, 2.24) is 0 Å². The van der Waals surface area contributed by atoms with Gasteiger partial charge in [-0.15, -0.1) is 0 Å². The molecule has 6 heteroatoms. The second-order valence-corrected chi connectivity index (χ2v) is 2.56. The summed E-state index contributed by atoms with van der Waals surface area (Å²) in [5.41, 5.74) is 7.49. The summed E-state index contributed by atoms with van der Waals surface area (Å²) in [6.45, 7) is -0.394. The lowest BCUT2D eigenvalue weighted by atomic mass is 10.1. The third kappa shape index (κ3) is 2.18. The number of rotatable bonds is 3. The van der Waals surface area contributed by atoms with Crippen molar-refractivity contribution in [2.45, 2.75) is 6.10 Å². The molecule has 0 saturated heterocycles. The van der Waals surface area contributed by atoms with E-state index >= 15 is 0 Å². The molecule has 1 N–H and O–H groups in total. The first-order chi connectivity index (χ1) is 6.66. The van der Waals surface area contributed by atoms with Crippen LogP contribution in [0.1, 0.15) is 11.7 Å². The van der Waals surface area contributed by atoms with Crippen molar-refractivity contribution in [2.24, 2.45) is 5.11 Å². The summed E-state index contributed by atoms with van der Waals surface area (Å²) in [5, 5.41) is 12.3. The molecule has 0 heterocycles. The molecule has 74 valence electrons. The number of hydrogen-bond donors (Lipinski definition) is 1. The molecule has 0 radical (unpaired) electrons. The standard InChI is InChI=1S/C8H7F2N3O/c9-5-2-1-3-6(10)8(5)7(14)4-12-13-11/h1-3,7,14H,4H2/t7-/m0/s1. The summed E-state index contributed by atoms with van der Waals surface area (Å²) in [7, 11) is 0. The Morgan fingerprint density at radius 1 is 1.43 bits per heavy atom. The first kappa shape index (κ1) is 10.4. The molecular formula is C8H7F2N3O. The van der Waals surface area contributed by atoms with Crippen LogP contribution in [-0.4, -0.2) is 11.7 Å². The molecule has 0 spiro atoms. The lowest BCUT2D eigenvalue weighted by Gasteiger charge is -2.09. The Morgan fingerprint density at radius 3 is 2.50 bits per heavy atom. The zero-order valence-electron chi connectivity index (χ0n) is 7.06. The van der Waals surface area contributed by atoms with Crippen molar-refractivity contribution in [2.75, 3.05) is 6.54 Å². The average molecular weight is 199 g/mol. The number of nitrogens with zero attached hydrogens (tertiary/aromatic N) is 3. The summed E-state index contributed by atoms with van der Waals surface area (Å²) in [6, 6.07) is 3.24. The van der Waals surface area contributed by atoms with Gasteiger partial charge in [0.15, 0.2) is 0 Å². The number of aliphatic hydroxyl groups is 1. The maximum Gasteiger partial charge on any atom is 0.131 e. The summed E-state index contributed by atoms with van der Waals surface area (Å²) in [4.78, 5) is 2.38. The fourth-order valence-corrected chi connectivity index (χ4v) is 1.03. The summed E-state index contributed by atoms with van der Waals surface area (Å²) in [5.74, 6) is -1.71. The average Bonchev–Trinajstić information content (AvgIpc) is 2.14. The van der Waals surface area contributed by atoms with Gasteiger partial charge in [-0.05, 0) is 17.7 Å². The third-order valence-corrected chi connectivity index (χ3v) is 1.65. The zero-order chi connectivity index (χ0) is 10.6. The van der Waals surface area contributed by atoms with E-state index in [-0.39, 0.29) is 0 Å². The molecule has 1 aromatic rings. The highest BCUT2D eigenvalue weighted by molar-refractivity contribution is 5.22. The first-order valence-electron chi connectivity index (χ1n) is 3.79. The highest BCUT2D eigenvalue weighted by atomic mass is 19.1. The monoisotopic (exact) mass is 199 g/mol. The quantitative estimate of drug-likeness (QED) is 0.453. The van der Waals surface area contributed by atoms with E-state index in [1.54, 1.807) is 0 Å². The minimum atomic E-state index is -1.45. The fraction of sp³-hybridized carbons (Fsp3) is 0.250. The number of benzene rings is 1. The molecule has 4 nitrogen and oxygen atoms in total. The van der Waals surface area contributed by atoms with Crippen LogP contribution in [0.5, 0.6) is 0 Å². The number of azide groups is 1. The van der Waals surface area contributed by atoms with Gasteiger partial charge in [0.1, 0.15) is 11.6 Å². The fourth-order valence-electron chi connectivity index (χ4n) is 1.03. The van der Waals surface area contributed by atoms with E-state index in [0.29, 0.717) is 0 Å². The molecule has 0 aliphatic rings. The van der Waals surface area contributed by atoms with Crippen LogP contribution in [0, 0.1) is 11.6 Å². The Balaban J connectivity index is 2.99. The lowest BCUT2D eigenvalue weighted by molar-refractivity contribution is 0.176. The van der Waals surface area contributed by atoms with Crippen LogP contribution >= 0.6 is 0 Å².